The predicted octanol–water partition coefficient (Wildman–Crippen LogP) is 2.78. The van der Waals surface area contributed by atoms with Crippen molar-refractivity contribution >= 4 is 0 Å². The number of aliphatic hydroxyl groups is 1. The summed E-state index contributed by atoms with van der Waals surface area (Å²) in [6.07, 6.45) is 3.82. The fourth-order valence-electron chi connectivity index (χ4n) is 4.81. The average molecular weight is 389 g/mol. The highest BCUT2D eigenvalue weighted by Gasteiger charge is 2.46. The third-order valence-electron chi connectivity index (χ3n) is 6.05. The van der Waals surface area contributed by atoms with Crippen molar-refractivity contribution in [2.24, 2.45) is 0 Å². The maximum Gasteiger partial charge on any atom is 0.266 e. The molecule has 1 aromatic heterocycles. The van der Waals surface area contributed by atoms with E-state index in [0.29, 0.717) is 24.9 Å². The van der Waals surface area contributed by atoms with Gasteiger partial charge >= 0.3 is 0 Å². The van der Waals surface area contributed by atoms with Crippen LogP contribution in [0, 0.1) is 18.6 Å². The molecule has 0 radical (unpaired) electrons. The summed E-state index contributed by atoms with van der Waals surface area (Å²) in [4.78, 5) is 14.3. The Balaban J connectivity index is 1.55. The first-order valence-corrected chi connectivity index (χ1v) is 9.80. The summed E-state index contributed by atoms with van der Waals surface area (Å²) in [5, 5.41) is 15.5. The van der Waals surface area contributed by atoms with Gasteiger partial charge in [-0.15, -0.1) is 0 Å². The summed E-state index contributed by atoms with van der Waals surface area (Å²) in [5.74, 6) is -0.851. The predicted molar refractivity (Wildman–Crippen MR) is 101 cm³/mol. The fourth-order valence-corrected chi connectivity index (χ4v) is 4.81. The Morgan fingerprint density at radius 2 is 1.89 bits per heavy atom. The third-order valence-corrected chi connectivity index (χ3v) is 6.05. The molecule has 0 saturated carbocycles. The molecule has 2 aliphatic rings. The largest absolute Gasteiger partial charge is 0.388 e. The van der Waals surface area contributed by atoms with Gasteiger partial charge in [-0.25, -0.2) is 13.5 Å². The first-order valence-electron chi connectivity index (χ1n) is 9.80. The molecule has 2 aromatic rings. The molecule has 0 aliphatic carbocycles. The zero-order chi connectivity index (χ0) is 19.9. The molecular weight excluding hydrogens is 364 g/mol. The molecule has 150 valence electrons. The van der Waals surface area contributed by atoms with Gasteiger partial charge in [-0.3, -0.25) is 9.69 Å². The summed E-state index contributed by atoms with van der Waals surface area (Å²) in [6.45, 7) is 2.30. The fraction of sp³-hybridized carbons (Fsp3) is 0.524. The van der Waals surface area contributed by atoms with E-state index in [4.69, 9.17) is 0 Å². The summed E-state index contributed by atoms with van der Waals surface area (Å²) < 4.78 is 29.0. The first-order chi connectivity index (χ1) is 13.3. The molecule has 1 unspecified atom stereocenters. The van der Waals surface area contributed by atoms with Crippen LogP contribution in [0.4, 0.5) is 8.78 Å². The molecule has 3 heterocycles. The molecule has 0 spiro atoms. The highest BCUT2D eigenvalue weighted by atomic mass is 19.1. The van der Waals surface area contributed by atoms with Crippen LogP contribution in [0.3, 0.4) is 0 Å². The lowest BCUT2D eigenvalue weighted by molar-refractivity contribution is -0.105. The van der Waals surface area contributed by atoms with Gasteiger partial charge in [-0.1, -0.05) is 6.42 Å². The van der Waals surface area contributed by atoms with Crippen molar-refractivity contribution < 1.29 is 13.9 Å². The van der Waals surface area contributed by atoms with Crippen molar-refractivity contribution in [3.63, 3.8) is 0 Å². The van der Waals surface area contributed by atoms with E-state index in [2.05, 4.69) is 10.00 Å². The lowest BCUT2D eigenvalue weighted by Crippen LogP contribution is -2.59. The molecule has 4 rings (SSSR count). The van der Waals surface area contributed by atoms with Gasteiger partial charge in [0.25, 0.3) is 5.56 Å². The minimum absolute atomic E-state index is 0.0701. The molecule has 28 heavy (non-hydrogen) atoms. The zero-order valence-electron chi connectivity index (χ0n) is 15.9. The number of hydrogen-bond acceptors (Lipinski definition) is 4. The Morgan fingerprint density at radius 1 is 1.18 bits per heavy atom. The summed E-state index contributed by atoms with van der Waals surface area (Å²) in [5.41, 5.74) is -0.188. The minimum Gasteiger partial charge on any atom is -0.388 e. The lowest BCUT2D eigenvalue weighted by Gasteiger charge is -2.52. The number of fused-ring (bicyclic) bond motifs is 2. The second kappa shape index (κ2) is 7.37. The minimum atomic E-state index is -1.03. The molecule has 7 heteroatoms. The van der Waals surface area contributed by atoms with Gasteiger partial charge in [0.05, 0.1) is 17.8 Å². The van der Waals surface area contributed by atoms with Crippen molar-refractivity contribution in [2.75, 3.05) is 0 Å². The number of hydrogen-bond donors (Lipinski definition) is 1. The first kappa shape index (κ1) is 19.2. The standard InChI is InChI=1S/C21H25F2N3O2/c1-14-5-8-20(27)26(24-14)13-21(28)10-17-3-2-4-18(11-21)25(17)12-15-9-16(22)6-7-19(15)23/h5-9,17-18,28H,2-4,10-13H2,1H3/t17-,18+,21?. The smallest absolute Gasteiger partial charge is 0.266 e. The molecule has 2 saturated heterocycles. The highest BCUT2D eigenvalue weighted by molar-refractivity contribution is 5.19. The summed E-state index contributed by atoms with van der Waals surface area (Å²) in [7, 11) is 0. The number of benzene rings is 1. The third kappa shape index (κ3) is 3.86. The van der Waals surface area contributed by atoms with Gasteiger partial charge in [0.2, 0.25) is 0 Å². The Labute approximate surface area is 162 Å². The molecular formula is C21H25F2N3O2. The number of nitrogens with zero attached hydrogens (tertiary/aromatic N) is 3. The van der Waals surface area contributed by atoms with Gasteiger partial charge in [-0.05, 0) is 56.9 Å². The van der Waals surface area contributed by atoms with Crippen LogP contribution < -0.4 is 5.56 Å². The van der Waals surface area contributed by atoms with Crippen molar-refractivity contribution in [3.8, 4) is 0 Å². The number of rotatable bonds is 4. The van der Waals surface area contributed by atoms with E-state index >= 15 is 0 Å². The lowest BCUT2D eigenvalue weighted by atomic mass is 9.75. The summed E-state index contributed by atoms with van der Waals surface area (Å²) in [6, 6.07) is 6.81. The maximum atomic E-state index is 14.1. The van der Waals surface area contributed by atoms with E-state index in [1.54, 1.807) is 6.07 Å². The molecule has 1 N–H and O–H groups in total. The topological polar surface area (TPSA) is 58.4 Å². The van der Waals surface area contributed by atoms with Crippen LogP contribution in [0.15, 0.2) is 35.1 Å². The molecule has 1 aromatic carbocycles. The van der Waals surface area contributed by atoms with Gasteiger partial charge < -0.3 is 5.11 Å². The molecule has 0 amide bonds. The van der Waals surface area contributed by atoms with Crippen LogP contribution in [0.2, 0.25) is 0 Å². The SMILES string of the molecule is Cc1ccc(=O)n(CC2(O)C[C@H]3CCC[C@@H](C2)N3Cc2cc(F)ccc2F)n1. The Hall–Kier alpha value is -2.12. The second-order valence-electron chi connectivity index (χ2n) is 8.25. The summed E-state index contributed by atoms with van der Waals surface area (Å²) >= 11 is 0. The van der Waals surface area contributed by atoms with E-state index in [1.807, 2.05) is 6.92 Å². The van der Waals surface area contributed by atoms with Crippen LogP contribution in [0.25, 0.3) is 0 Å². The quantitative estimate of drug-likeness (QED) is 0.874. The second-order valence-corrected chi connectivity index (χ2v) is 8.25. The molecule has 2 bridgehead atoms. The van der Waals surface area contributed by atoms with Crippen LogP contribution >= 0.6 is 0 Å². The monoisotopic (exact) mass is 389 g/mol. The Kier molecular flexibility index (Phi) is 5.05. The number of aryl methyl sites for hydroxylation is 1. The average Bonchev–Trinajstić information content (AvgIpc) is 2.62. The normalized spacial score (nSPS) is 27.7. The van der Waals surface area contributed by atoms with E-state index in [0.717, 1.165) is 37.1 Å². The van der Waals surface area contributed by atoms with Crippen LogP contribution in [0.5, 0.6) is 0 Å². The van der Waals surface area contributed by atoms with E-state index in [9.17, 15) is 18.7 Å². The van der Waals surface area contributed by atoms with Gasteiger partial charge in [0, 0.05) is 30.3 Å². The Morgan fingerprint density at radius 3 is 2.61 bits per heavy atom. The molecule has 2 fully saturated rings. The van der Waals surface area contributed by atoms with Crippen LogP contribution in [-0.2, 0) is 13.1 Å². The van der Waals surface area contributed by atoms with E-state index < -0.39 is 17.2 Å². The van der Waals surface area contributed by atoms with Crippen molar-refractivity contribution in [3.05, 3.63) is 63.6 Å². The van der Waals surface area contributed by atoms with Crippen LogP contribution in [-0.4, -0.2) is 37.5 Å². The van der Waals surface area contributed by atoms with E-state index in [1.165, 1.54) is 16.8 Å². The van der Waals surface area contributed by atoms with Gasteiger partial charge in [-0.2, -0.15) is 5.10 Å². The number of piperidine rings is 2. The number of halogens is 2. The molecule has 3 atom stereocenters. The molecule has 5 nitrogen and oxygen atoms in total. The van der Waals surface area contributed by atoms with Gasteiger partial charge in [0.15, 0.2) is 0 Å². The van der Waals surface area contributed by atoms with Gasteiger partial charge in [0.1, 0.15) is 11.6 Å². The van der Waals surface area contributed by atoms with Crippen molar-refractivity contribution in [2.45, 2.75) is 69.8 Å². The highest BCUT2D eigenvalue weighted by Crippen LogP contribution is 2.40. The molecule has 2 aliphatic heterocycles. The maximum absolute atomic E-state index is 14.1. The van der Waals surface area contributed by atoms with Crippen molar-refractivity contribution in [1.29, 1.82) is 0 Å². The zero-order valence-corrected chi connectivity index (χ0v) is 15.9. The Bertz CT molecular complexity index is 916. The van der Waals surface area contributed by atoms with Crippen molar-refractivity contribution in [1.82, 2.24) is 14.7 Å². The number of aromatic nitrogens is 2. The van der Waals surface area contributed by atoms with E-state index in [-0.39, 0.29) is 24.2 Å². The van der Waals surface area contributed by atoms with Crippen LogP contribution in [0.1, 0.15) is 43.4 Å².